The van der Waals surface area contributed by atoms with Crippen LogP contribution in [-0.4, -0.2) is 31.6 Å². The number of hydrogen-bond acceptors (Lipinski definition) is 4. The fourth-order valence-corrected chi connectivity index (χ4v) is 6.70. The topological polar surface area (TPSA) is 59.6 Å². The van der Waals surface area contributed by atoms with Gasteiger partial charge < -0.3 is 20.1 Å². The van der Waals surface area contributed by atoms with Crippen molar-refractivity contribution >= 4 is 17.5 Å². The molecule has 3 aromatic carbocycles. The van der Waals surface area contributed by atoms with Gasteiger partial charge in [-0.05, 0) is 37.4 Å². The summed E-state index contributed by atoms with van der Waals surface area (Å²) >= 11 is 6.62. The van der Waals surface area contributed by atoms with E-state index in [4.69, 9.17) is 21.1 Å². The molecule has 0 radical (unpaired) electrons. The smallest absolute Gasteiger partial charge is 0.251 e. The second-order valence-corrected chi connectivity index (χ2v) is 10.7. The molecule has 190 valence electrons. The summed E-state index contributed by atoms with van der Waals surface area (Å²) in [5, 5.41) is 5.91. The first kappa shape index (κ1) is 23.0. The maximum atomic E-state index is 16.4. The van der Waals surface area contributed by atoms with Crippen molar-refractivity contribution in [3.05, 3.63) is 81.4 Å². The molecule has 7 rings (SSSR count). The molecule has 2 unspecified atom stereocenters. The highest BCUT2D eigenvalue weighted by molar-refractivity contribution is 6.34. The molecule has 0 bridgehead atoms. The van der Waals surface area contributed by atoms with E-state index >= 15 is 8.78 Å². The van der Waals surface area contributed by atoms with Crippen LogP contribution in [0.25, 0.3) is 11.1 Å². The van der Waals surface area contributed by atoms with Crippen molar-refractivity contribution in [2.45, 2.75) is 49.3 Å². The van der Waals surface area contributed by atoms with Crippen LogP contribution in [0.4, 0.5) is 8.78 Å². The zero-order chi connectivity index (χ0) is 25.5. The van der Waals surface area contributed by atoms with Crippen LogP contribution < -0.4 is 20.1 Å². The lowest BCUT2D eigenvalue weighted by molar-refractivity contribution is 0.0539. The summed E-state index contributed by atoms with van der Waals surface area (Å²) in [6.07, 6.45) is 2.88. The molecule has 0 aromatic heterocycles. The molecule has 3 heterocycles. The summed E-state index contributed by atoms with van der Waals surface area (Å²) in [6, 6.07) is 12.6. The SMILES string of the molecule is CNC(=O)c1cc2c(c(F)c1-c1c(Cl)c(F)cc3c1C[C@](c1ccccc1)([C@@H]1CCCN1)O3)C1CC1O2. The Morgan fingerprint density at radius 3 is 2.70 bits per heavy atom. The van der Waals surface area contributed by atoms with Crippen molar-refractivity contribution in [2.24, 2.45) is 0 Å². The molecule has 5 nitrogen and oxygen atoms in total. The summed E-state index contributed by atoms with van der Waals surface area (Å²) in [5.74, 6) is -1.17. The number of carbonyl (C=O) groups is 1. The molecule has 1 aliphatic carbocycles. The van der Waals surface area contributed by atoms with Crippen LogP contribution in [0.1, 0.15) is 52.2 Å². The van der Waals surface area contributed by atoms with Crippen LogP contribution >= 0.6 is 11.6 Å². The number of nitrogens with one attached hydrogen (secondary N) is 2. The Bertz CT molecular complexity index is 1460. The van der Waals surface area contributed by atoms with Gasteiger partial charge in [-0.2, -0.15) is 0 Å². The van der Waals surface area contributed by atoms with Gasteiger partial charge in [0, 0.05) is 47.7 Å². The van der Waals surface area contributed by atoms with Crippen LogP contribution in [0, 0.1) is 11.6 Å². The summed E-state index contributed by atoms with van der Waals surface area (Å²) in [6.45, 7) is 0.851. The third kappa shape index (κ3) is 3.26. The molecular weight excluding hydrogens is 498 g/mol. The molecule has 2 fully saturated rings. The molecule has 1 saturated heterocycles. The number of amides is 1. The second kappa shape index (κ2) is 8.17. The third-order valence-corrected chi connectivity index (χ3v) is 8.64. The van der Waals surface area contributed by atoms with Crippen molar-refractivity contribution in [1.29, 1.82) is 0 Å². The summed E-state index contributed by atoms with van der Waals surface area (Å²) in [7, 11) is 1.47. The number of benzene rings is 3. The van der Waals surface area contributed by atoms with Crippen LogP contribution in [0.2, 0.25) is 5.02 Å². The summed E-state index contributed by atoms with van der Waals surface area (Å²) in [4.78, 5) is 13.0. The van der Waals surface area contributed by atoms with Gasteiger partial charge in [0.15, 0.2) is 5.60 Å². The van der Waals surface area contributed by atoms with Gasteiger partial charge in [0.1, 0.15) is 29.2 Å². The molecule has 3 aromatic rings. The number of fused-ring (bicyclic) bond motifs is 4. The van der Waals surface area contributed by atoms with Crippen molar-refractivity contribution < 1.29 is 23.0 Å². The van der Waals surface area contributed by atoms with E-state index in [2.05, 4.69) is 10.6 Å². The molecule has 37 heavy (non-hydrogen) atoms. The Morgan fingerprint density at radius 2 is 1.97 bits per heavy atom. The largest absolute Gasteiger partial charge is 0.489 e. The monoisotopic (exact) mass is 522 g/mol. The van der Waals surface area contributed by atoms with Crippen LogP contribution in [0.3, 0.4) is 0 Å². The first-order valence-electron chi connectivity index (χ1n) is 12.7. The number of halogens is 3. The van der Waals surface area contributed by atoms with Gasteiger partial charge in [-0.25, -0.2) is 8.78 Å². The average molecular weight is 523 g/mol. The summed E-state index contributed by atoms with van der Waals surface area (Å²) < 4.78 is 44.3. The Balaban J connectivity index is 1.47. The molecule has 4 atom stereocenters. The maximum Gasteiger partial charge on any atom is 0.251 e. The van der Waals surface area contributed by atoms with Gasteiger partial charge in [-0.1, -0.05) is 41.9 Å². The lowest BCUT2D eigenvalue weighted by Gasteiger charge is -2.35. The number of carbonyl (C=O) groups excluding carboxylic acids is 1. The molecule has 8 heteroatoms. The van der Waals surface area contributed by atoms with E-state index in [0.29, 0.717) is 29.0 Å². The normalized spacial score (nSPS) is 26.6. The minimum atomic E-state index is -0.822. The van der Waals surface area contributed by atoms with E-state index in [1.54, 1.807) is 6.07 Å². The van der Waals surface area contributed by atoms with Crippen LogP contribution in [0.5, 0.6) is 11.5 Å². The third-order valence-electron chi connectivity index (χ3n) is 8.27. The number of hydrogen-bond donors (Lipinski definition) is 2. The molecule has 3 aliphatic heterocycles. The van der Waals surface area contributed by atoms with E-state index in [1.165, 1.54) is 13.1 Å². The standard InChI is InChI=1S/C29H25ClF2N2O3/c1-33-28(35)16-11-21-23(15-10-19(15)36-21)27(32)25(16)24-17-13-29(22-8-5-9-34-22,14-6-3-2-4-7-14)37-20(17)12-18(31)26(24)30/h2-4,6-7,11-12,15,19,22,34H,5,8-10,13H2,1H3,(H,33,35)/t15?,19?,22-,29-/m0/s1. The first-order chi connectivity index (χ1) is 17.9. The zero-order valence-electron chi connectivity index (χ0n) is 20.2. The average Bonchev–Trinajstić information content (AvgIpc) is 3.27. The maximum absolute atomic E-state index is 16.4. The van der Waals surface area contributed by atoms with Crippen molar-refractivity contribution in [1.82, 2.24) is 10.6 Å². The van der Waals surface area contributed by atoms with Crippen LogP contribution in [-0.2, 0) is 12.0 Å². The highest BCUT2D eigenvalue weighted by atomic mass is 35.5. The lowest BCUT2D eigenvalue weighted by Crippen LogP contribution is -2.48. The van der Waals surface area contributed by atoms with Crippen molar-refractivity contribution in [3.63, 3.8) is 0 Å². The minimum absolute atomic E-state index is 0.00171. The van der Waals surface area contributed by atoms with Crippen molar-refractivity contribution in [3.8, 4) is 22.6 Å². The lowest BCUT2D eigenvalue weighted by atomic mass is 9.80. The Hall–Kier alpha value is -3.16. The molecule has 4 aliphatic rings. The van der Waals surface area contributed by atoms with E-state index < -0.39 is 23.1 Å². The second-order valence-electron chi connectivity index (χ2n) is 10.3. The fourth-order valence-electron chi connectivity index (χ4n) is 6.43. The Labute approximate surface area is 218 Å². The van der Waals surface area contributed by atoms with E-state index in [0.717, 1.165) is 31.4 Å². The van der Waals surface area contributed by atoms with Crippen LogP contribution in [0.15, 0.2) is 42.5 Å². The molecule has 1 amide bonds. The van der Waals surface area contributed by atoms with Gasteiger partial charge in [0.2, 0.25) is 0 Å². The summed E-state index contributed by atoms with van der Waals surface area (Å²) in [5.41, 5.74) is 1.40. The van der Waals surface area contributed by atoms with E-state index in [9.17, 15) is 4.79 Å². The van der Waals surface area contributed by atoms with E-state index in [1.807, 2.05) is 30.3 Å². The predicted octanol–water partition coefficient (Wildman–Crippen LogP) is 5.48. The number of ether oxygens (including phenoxy) is 2. The van der Waals surface area contributed by atoms with Gasteiger partial charge in [-0.15, -0.1) is 0 Å². The molecule has 0 spiro atoms. The predicted molar refractivity (Wildman–Crippen MR) is 135 cm³/mol. The number of rotatable bonds is 4. The zero-order valence-corrected chi connectivity index (χ0v) is 20.9. The Kier molecular flexibility index (Phi) is 5.08. The fraction of sp³-hybridized carbons (Fsp3) is 0.345. The Morgan fingerprint density at radius 1 is 1.16 bits per heavy atom. The molecule has 2 N–H and O–H groups in total. The van der Waals surface area contributed by atoms with Gasteiger partial charge in [0.25, 0.3) is 5.91 Å². The van der Waals surface area contributed by atoms with Crippen molar-refractivity contribution in [2.75, 3.05) is 13.6 Å². The molecule has 1 saturated carbocycles. The highest BCUT2D eigenvalue weighted by Gasteiger charge is 2.53. The minimum Gasteiger partial charge on any atom is -0.489 e. The molecular formula is C29H25ClF2N2O3. The first-order valence-corrected chi connectivity index (χ1v) is 13.0. The van der Waals surface area contributed by atoms with Gasteiger partial charge >= 0.3 is 0 Å². The quantitative estimate of drug-likeness (QED) is 0.477. The highest BCUT2D eigenvalue weighted by Crippen LogP contribution is 2.58. The van der Waals surface area contributed by atoms with E-state index in [-0.39, 0.29) is 39.8 Å². The van der Waals surface area contributed by atoms with Gasteiger partial charge in [0.05, 0.1) is 16.6 Å². The van der Waals surface area contributed by atoms with Gasteiger partial charge in [-0.3, -0.25) is 4.79 Å².